The molecule has 1 aromatic heterocycles. The fourth-order valence-electron chi connectivity index (χ4n) is 3.44. The zero-order valence-corrected chi connectivity index (χ0v) is 14.1. The average Bonchev–Trinajstić information content (AvgIpc) is 2.44. The third kappa shape index (κ3) is 3.57. The second kappa shape index (κ2) is 6.14. The van der Waals surface area contributed by atoms with E-state index in [0.29, 0.717) is 12.4 Å². The van der Waals surface area contributed by atoms with Crippen LogP contribution in [0.3, 0.4) is 0 Å². The molecular weight excluding hydrogens is 323 g/mol. The molecule has 24 heavy (non-hydrogen) atoms. The van der Waals surface area contributed by atoms with Crippen LogP contribution in [-0.2, 0) is 6.18 Å². The van der Waals surface area contributed by atoms with E-state index in [9.17, 15) is 23.1 Å². The van der Waals surface area contributed by atoms with E-state index in [4.69, 9.17) is 0 Å². The van der Waals surface area contributed by atoms with Crippen molar-refractivity contribution in [2.24, 2.45) is 5.41 Å². The molecule has 1 aliphatic heterocycles. The summed E-state index contributed by atoms with van der Waals surface area (Å²) in [4.78, 5) is 18.7. The van der Waals surface area contributed by atoms with Gasteiger partial charge in [0.25, 0.3) is 0 Å². The first-order valence-corrected chi connectivity index (χ1v) is 7.72. The number of anilines is 1. The second-order valence-corrected chi connectivity index (χ2v) is 7.12. The van der Waals surface area contributed by atoms with E-state index in [1.807, 2.05) is 32.6 Å². The molecule has 1 aromatic rings. The van der Waals surface area contributed by atoms with Gasteiger partial charge in [0.1, 0.15) is 5.82 Å². The highest BCUT2D eigenvalue weighted by Crippen LogP contribution is 2.35. The maximum absolute atomic E-state index is 12.7. The summed E-state index contributed by atoms with van der Waals surface area (Å²) in [6.07, 6.45) is -4.59. The van der Waals surface area contributed by atoms with E-state index in [1.165, 1.54) is 11.0 Å². The Balaban J connectivity index is 2.30. The summed E-state index contributed by atoms with van der Waals surface area (Å²) < 4.78 is 38.0. The molecule has 0 aliphatic carbocycles. The SMILES string of the molecule is C[C@@H]1C(C(C)(C)C)N(C(=O)O)CCN1c1ccc(C(F)(F)F)cn1. The van der Waals surface area contributed by atoms with Crippen LogP contribution in [0.1, 0.15) is 33.3 Å². The maximum atomic E-state index is 12.7. The van der Waals surface area contributed by atoms with E-state index < -0.39 is 17.8 Å². The van der Waals surface area contributed by atoms with Crippen molar-refractivity contribution in [3.05, 3.63) is 23.9 Å². The zero-order chi connectivity index (χ0) is 18.3. The Hall–Kier alpha value is -1.99. The van der Waals surface area contributed by atoms with Crippen LogP contribution in [0, 0.1) is 5.41 Å². The van der Waals surface area contributed by atoms with E-state index in [0.717, 1.165) is 12.3 Å². The number of aromatic nitrogens is 1. The summed E-state index contributed by atoms with van der Waals surface area (Å²) in [7, 11) is 0. The predicted molar refractivity (Wildman–Crippen MR) is 84.0 cm³/mol. The van der Waals surface area contributed by atoms with Gasteiger partial charge in [-0.1, -0.05) is 20.8 Å². The number of hydrogen-bond acceptors (Lipinski definition) is 3. The average molecular weight is 345 g/mol. The molecule has 0 spiro atoms. The van der Waals surface area contributed by atoms with Crippen molar-refractivity contribution >= 4 is 11.9 Å². The number of halogens is 3. The van der Waals surface area contributed by atoms with Crippen LogP contribution in [0.2, 0.25) is 0 Å². The molecular formula is C16H22F3N3O2. The van der Waals surface area contributed by atoms with Crippen LogP contribution >= 0.6 is 0 Å². The number of amides is 1. The molecule has 2 atom stereocenters. The Bertz CT molecular complexity index is 596. The van der Waals surface area contributed by atoms with Crippen molar-refractivity contribution in [3.8, 4) is 0 Å². The van der Waals surface area contributed by atoms with Gasteiger partial charge in [-0.15, -0.1) is 0 Å². The van der Waals surface area contributed by atoms with Gasteiger partial charge < -0.3 is 14.9 Å². The molecule has 0 radical (unpaired) electrons. The molecule has 2 rings (SSSR count). The lowest BCUT2D eigenvalue weighted by Crippen LogP contribution is -2.64. The van der Waals surface area contributed by atoms with Crippen LogP contribution in [0.15, 0.2) is 18.3 Å². The minimum atomic E-state index is -4.42. The molecule has 0 aromatic carbocycles. The minimum absolute atomic E-state index is 0.209. The number of carboxylic acid groups (broad SMARTS) is 1. The number of pyridine rings is 1. The van der Waals surface area contributed by atoms with Gasteiger partial charge in [-0.25, -0.2) is 9.78 Å². The third-order valence-electron chi connectivity index (χ3n) is 4.37. The van der Waals surface area contributed by atoms with Gasteiger partial charge in [0.05, 0.1) is 11.6 Å². The quantitative estimate of drug-likeness (QED) is 0.843. The largest absolute Gasteiger partial charge is 0.465 e. The van der Waals surface area contributed by atoms with E-state index >= 15 is 0 Å². The lowest BCUT2D eigenvalue weighted by atomic mass is 9.80. The molecule has 134 valence electrons. The normalized spacial score (nSPS) is 22.6. The molecule has 1 amide bonds. The number of nitrogens with zero attached hydrogens (tertiary/aromatic N) is 3. The highest BCUT2D eigenvalue weighted by molar-refractivity contribution is 5.66. The number of hydrogen-bond donors (Lipinski definition) is 1. The smallest absolute Gasteiger partial charge is 0.417 e. The molecule has 2 heterocycles. The van der Waals surface area contributed by atoms with Crippen molar-refractivity contribution in [3.63, 3.8) is 0 Å². The fraction of sp³-hybridized carbons (Fsp3) is 0.625. The molecule has 1 aliphatic rings. The van der Waals surface area contributed by atoms with Gasteiger partial charge in [0.2, 0.25) is 0 Å². The summed E-state index contributed by atoms with van der Waals surface area (Å²) in [5.74, 6) is 0.426. The van der Waals surface area contributed by atoms with Gasteiger partial charge in [-0.3, -0.25) is 0 Å². The first-order valence-electron chi connectivity index (χ1n) is 7.72. The molecule has 1 N–H and O–H groups in total. The Kier molecular flexibility index (Phi) is 4.70. The monoisotopic (exact) mass is 345 g/mol. The number of piperazine rings is 1. The van der Waals surface area contributed by atoms with E-state index in [-0.39, 0.29) is 24.0 Å². The molecule has 1 saturated heterocycles. The van der Waals surface area contributed by atoms with Crippen molar-refractivity contribution in [2.45, 2.75) is 46.0 Å². The Morgan fingerprint density at radius 3 is 2.29 bits per heavy atom. The standard InChI is InChI=1S/C16H22F3N3O2/c1-10-13(15(2,3)4)22(14(23)24)8-7-21(10)12-6-5-11(9-20-12)16(17,18)19/h5-6,9-10,13H,7-8H2,1-4H3,(H,23,24)/t10-,13?/m1/s1. The fourth-order valence-corrected chi connectivity index (χ4v) is 3.44. The molecule has 0 saturated carbocycles. The van der Waals surface area contributed by atoms with E-state index in [1.54, 1.807) is 0 Å². The van der Waals surface area contributed by atoms with Gasteiger partial charge in [-0.05, 0) is 24.5 Å². The van der Waals surface area contributed by atoms with Crippen molar-refractivity contribution in [1.82, 2.24) is 9.88 Å². The number of carbonyl (C=O) groups is 1. The Morgan fingerprint density at radius 1 is 1.25 bits per heavy atom. The van der Waals surface area contributed by atoms with Crippen LogP contribution in [-0.4, -0.2) is 46.3 Å². The lowest BCUT2D eigenvalue weighted by Gasteiger charge is -2.50. The molecule has 8 heteroatoms. The van der Waals surface area contributed by atoms with Gasteiger partial charge >= 0.3 is 12.3 Å². The summed E-state index contributed by atoms with van der Waals surface area (Å²) in [6, 6.07) is 1.84. The summed E-state index contributed by atoms with van der Waals surface area (Å²) in [5, 5.41) is 9.44. The van der Waals surface area contributed by atoms with Gasteiger partial charge in [-0.2, -0.15) is 13.2 Å². The maximum Gasteiger partial charge on any atom is 0.417 e. The Morgan fingerprint density at radius 2 is 1.88 bits per heavy atom. The molecule has 1 fully saturated rings. The van der Waals surface area contributed by atoms with Crippen LogP contribution in [0.5, 0.6) is 0 Å². The highest BCUT2D eigenvalue weighted by Gasteiger charge is 2.43. The molecule has 0 bridgehead atoms. The molecule has 5 nitrogen and oxygen atoms in total. The zero-order valence-electron chi connectivity index (χ0n) is 14.1. The van der Waals surface area contributed by atoms with Gasteiger partial charge in [0.15, 0.2) is 0 Å². The lowest BCUT2D eigenvalue weighted by molar-refractivity contribution is -0.137. The number of alkyl halides is 3. The summed E-state index contributed by atoms with van der Waals surface area (Å²) in [5.41, 5.74) is -1.11. The predicted octanol–water partition coefficient (Wildman–Crippen LogP) is 3.70. The van der Waals surface area contributed by atoms with Crippen LogP contribution in [0.25, 0.3) is 0 Å². The summed E-state index contributed by atoms with van der Waals surface area (Å²) in [6.45, 7) is 8.41. The summed E-state index contributed by atoms with van der Waals surface area (Å²) >= 11 is 0. The van der Waals surface area contributed by atoms with E-state index in [2.05, 4.69) is 4.98 Å². The van der Waals surface area contributed by atoms with Crippen molar-refractivity contribution in [2.75, 3.05) is 18.0 Å². The molecule has 1 unspecified atom stereocenters. The van der Waals surface area contributed by atoms with Crippen LogP contribution in [0.4, 0.5) is 23.8 Å². The third-order valence-corrected chi connectivity index (χ3v) is 4.37. The second-order valence-electron chi connectivity index (χ2n) is 7.12. The highest BCUT2D eigenvalue weighted by atomic mass is 19.4. The topological polar surface area (TPSA) is 56.7 Å². The van der Waals surface area contributed by atoms with Gasteiger partial charge in [0, 0.05) is 25.3 Å². The van der Waals surface area contributed by atoms with Crippen LogP contribution < -0.4 is 4.90 Å². The van der Waals surface area contributed by atoms with Crippen molar-refractivity contribution < 1.29 is 23.1 Å². The minimum Gasteiger partial charge on any atom is -0.465 e. The first kappa shape index (κ1) is 18.4. The first-order chi connectivity index (χ1) is 10.9. The number of rotatable bonds is 1. The Labute approximate surface area is 139 Å². The van der Waals surface area contributed by atoms with Crippen molar-refractivity contribution in [1.29, 1.82) is 0 Å².